The maximum Gasteiger partial charge on any atom is 0.311 e. The van der Waals surface area contributed by atoms with Crippen LogP contribution in [0.3, 0.4) is 0 Å². The first kappa shape index (κ1) is 14.3. The van der Waals surface area contributed by atoms with E-state index < -0.39 is 17.7 Å². The van der Waals surface area contributed by atoms with Crippen LogP contribution in [0.5, 0.6) is 0 Å². The van der Waals surface area contributed by atoms with Gasteiger partial charge < -0.3 is 19.7 Å². The molecule has 3 fully saturated rings. The van der Waals surface area contributed by atoms with E-state index in [2.05, 4.69) is 6.92 Å². The van der Waals surface area contributed by atoms with E-state index in [1.165, 1.54) is 6.92 Å². The van der Waals surface area contributed by atoms with Gasteiger partial charge in [-0.3, -0.25) is 4.79 Å². The van der Waals surface area contributed by atoms with Gasteiger partial charge >= 0.3 is 5.97 Å². The van der Waals surface area contributed by atoms with Crippen LogP contribution in [0.15, 0.2) is 0 Å². The summed E-state index contributed by atoms with van der Waals surface area (Å²) in [4.78, 5) is 12.0. The smallest absolute Gasteiger partial charge is 0.311 e. The third-order valence-corrected chi connectivity index (χ3v) is 5.48. The zero-order chi connectivity index (χ0) is 14.7. The van der Waals surface area contributed by atoms with Crippen molar-refractivity contribution in [3.05, 3.63) is 6.42 Å². The number of hydrogen-bond acceptors (Lipinski definition) is 5. The highest BCUT2D eigenvalue weighted by Crippen LogP contribution is 2.54. The molecule has 0 aromatic rings. The monoisotopic (exact) mass is 283 g/mol. The summed E-state index contributed by atoms with van der Waals surface area (Å²) in [6.45, 7) is 5.42. The first-order valence-electron chi connectivity index (χ1n) is 7.43. The molecule has 0 spiro atoms. The summed E-state index contributed by atoms with van der Waals surface area (Å²) in [7, 11) is 0. The van der Waals surface area contributed by atoms with Crippen LogP contribution in [0.4, 0.5) is 0 Å². The highest BCUT2D eigenvalue weighted by Gasteiger charge is 2.64. The summed E-state index contributed by atoms with van der Waals surface area (Å²) in [6.07, 6.45) is 2.90. The van der Waals surface area contributed by atoms with Gasteiger partial charge in [-0.1, -0.05) is 13.8 Å². The fraction of sp³-hybridized carbons (Fsp3) is 0.867. The summed E-state index contributed by atoms with van der Waals surface area (Å²) in [5.74, 6) is -2.10. The molecule has 3 rings (SSSR count). The van der Waals surface area contributed by atoms with E-state index in [0.29, 0.717) is 12.3 Å². The zero-order valence-corrected chi connectivity index (χ0v) is 12.2. The van der Waals surface area contributed by atoms with Gasteiger partial charge in [-0.25, -0.2) is 0 Å². The van der Waals surface area contributed by atoms with Crippen molar-refractivity contribution in [2.75, 3.05) is 0 Å². The van der Waals surface area contributed by atoms with E-state index >= 15 is 0 Å². The SMILES string of the molecule is C[C@@H]1CC[C@H]2[C@@H](C)C(=O)O[C@@H]3O[C@](C)(O)[CH]C[C@@H]1[C@]32O. The van der Waals surface area contributed by atoms with Crippen LogP contribution in [0.1, 0.15) is 40.0 Å². The molecular weight excluding hydrogens is 260 g/mol. The fourth-order valence-electron chi connectivity index (χ4n) is 4.23. The maximum atomic E-state index is 12.0. The highest BCUT2D eigenvalue weighted by atomic mass is 16.8. The second kappa shape index (κ2) is 4.42. The Kier molecular flexibility index (Phi) is 3.16. The Morgan fingerprint density at radius 2 is 1.95 bits per heavy atom. The maximum absolute atomic E-state index is 12.0. The highest BCUT2D eigenvalue weighted by molar-refractivity contribution is 5.74. The Balaban J connectivity index is 2.05. The Labute approximate surface area is 119 Å². The molecule has 20 heavy (non-hydrogen) atoms. The van der Waals surface area contributed by atoms with Crippen LogP contribution in [-0.4, -0.2) is 33.9 Å². The first-order valence-corrected chi connectivity index (χ1v) is 7.43. The fourth-order valence-corrected chi connectivity index (χ4v) is 4.23. The largest absolute Gasteiger partial charge is 0.432 e. The topological polar surface area (TPSA) is 76.0 Å². The lowest BCUT2D eigenvalue weighted by molar-refractivity contribution is -0.341. The lowest BCUT2D eigenvalue weighted by Crippen LogP contribution is -2.65. The molecule has 0 aromatic heterocycles. The van der Waals surface area contributed by atoms with Crippen LogP contribution in [0, 0.1) is 30.1 Å². The van der Waals surface area contributed by atoms with E-state index in [0.717, 1.165) is 12.8 Å². The lowest BCUT2D eigenvalue weighted by Gasteiger charge is -2.54. The van der Waals surface area contributed by atoms with Crippen LogP contribution in [-0.2, 0) is 14.3 Å². The number of carbonyl (C=O) groups is 1. The average molecular weight is 283 g/mol. The molecule has 1 radical (unpaired) electrons. The number of aliphatic hydroxyl groups is 2. The van der Waals surface area contributed by atoms with E-state index in [4.69, 9.17) is 9.47 Å². The molecule has 113 valence electrons. The van der Waals surface area contributed by atoms with E-state index in [9.17, 15) is 15.0 Å². The van der Waals surface area contributed by atoms with E-state index in [1.54, 1.807) is 13.3 Å². The molecule has 1 aliphatic carbocycles. The van der Waals surface area contributed by atoms with Gasteiger partial charge in [-0.05, 0) is 38.0 Å². The molecule has 0 unspecified atom stereocenters. The average Bonchev–Trinajstić information content (AvgIpc) is 2.44. The Morgan fingerprint density at radius 1 is 1.25 bits per heavy atom. The summed E-state index contributed by atoms with van der Waals surface area (Å²) < 4.78 is 10.8. The van der Waals surface area contributed by atoms with Crippen LogP contribution in [0.25, 0.3) is 0 Å². The summed E-state index contributed by atoms with van der Waals surface area (Å²) in [5.41, 5.74) is -1.21. The van der Waals surface area contributed by atoms with Crippen molar-refractivity contribution in [1.29, 1.82) is 0 Å². The normalized spacial score (nSPS) is 55.6. The minimum absolute atomic E-state index is 0.0595. The van der Waals surface area contributed by atoms with Crippen molar-refractivity contribution in [3.63, 3.8) is 0 Å². The van der Waals surface area contributed by atoms with Gasteiger partial charge in [0.05, 0.1) is 5.92 Å². The quantitative estimate of drug-likeness (QED) is 0.654. The van der Waals surface area contributed by atoms with Gasteiger partial charge in [0.15, 0.2) is 5.79 Å². The number of rotatable bonds is 0. The minimum Gasteiger partial charge on any atom is -0.432 e. The second-order valence-electron chi connectivity index (χ2n) is 6.82. The number of hydrogen-bond donors (Lipinski definition) is 2. The Hall–Kier alpha value is -0.650. The van der Waals surface area contributed by atoms with Gasteiger partial charge in [-0.2, -0.15) is 0 Å². The van der Waals surface area contributed by atoms with E-state index in [1.807, 2.05) is 0 Å². The van der Waals surface area contributed by atoms with E-state index in [-0.39, 0.29) is 23.7 Å². The number of esters is 1. The minimum atomic E-state index is -1.48. The Morgan fingerprint density at radius 3 is 2.65 bits per heavy atom. The third-order valence-electron chi connectivity index (χ3n) is 5.48. The molecule has 2 saturated heterocycles. The van der Waals surface area contributed by atoms with Crippen LogP contribution < -0.4 is 0 Å². The summed E-state index contributed by atoms with van der Waals surface area (Å²) in [6, 6.07) is 0. The predicted molar refractivity (Wildman–Crippen MR) is 70.0 cm³/mol. The Bertz CT molecular complexity index is 420. The van der Waals surface area contributed by atoms with Crippen molar-refractivity contribution in [2.24, 2.45) is 23.7 Å². The predicted octanol–water partition coefficient (Wildman–Crippen LogP) is 1.23. The van der Waals surface area contributed by atoms with Crippen molar-refractivity contribution in [3.8, 4) is 0 Å². The molecule has 0 bridgehead atoms. The molecule has 1 saturated carbocycles. The van der Waals surface area contributed by atoms with Crippen molar-refractivity contribution >= 4 is 5.97 Å². The standard InChI is InChI=1S/C15H23O5/c1-8-4-5-11-9(2)12(16)19-13-15(11,18)10(8)6-7-14(3,17)20-13/h7-11,13,17-18H,4-6H2,1-3H3/t8-,9-,10+,11+,13-,14+,15-/m1/s1. The lowest BCUT2D eigenvalue weighted by atomic mass is 9.58. The van der Waals surface area contributed by atoms with Gasteiger partial charge in [0.1, 0.15) is 5.60 Å². The van der Waals surface area contributed by atoms with Gasteiger partial charge in [0, 0.05) is 12.3 Å². The van der Waals surface area contributed by atoms with Crippen molar-refractivity contribution in [1.82, 2.24) is 0 Å². The number of ether oxygens (including phenoxy) is 2. The van der Waals surface area contributed by atoms with Crippen molar-refractivity contribution < 1.29 is 24.5 Å². The molecule has 2 heterocycles. The molecule has 3 aliphatic rings. The van der Waals surface area contributed by atoms with Gasteiger partial charge in [0.25, 0.3) is 0 Å². The second-order valence-corrected chi connectivity index (χ2v) is 6.82. The molecule has 0 aromatic carbocycles. The van der Waals surface area contributed by atoms with Crippen molar-refractivity contribution in [2.45, 2.75) is 57.7 Å². The molecule has 5 nitrogen and oxygen atoms in total. The van der Waals surface area contributed by atoms with Crippen LogP contribution >= 0.6 is 0 Å². The molecule has 2 N–H and O–H groups in total. The summed E-state index contributed by atoms with van der Waals surface area (Å²) in [5, 5.41) is 21.5. The number of carbonyl (C=O) groups excluding carboxylic acids is 1. The molecule has 0 amide bonds. The van der Waals surface area contributed by atoms with Gasteiger partial charge in [0.2, 0.25) is 6.29 Å². The zero-order valence-electron chi connectivity index (χ0n) is 12.2. The molecule has 5 heteroatoms. The first-order chi connectivity index (χ1) is 9.25. The molecular formula is C15H23O5. The molecule has 2 aliphatic heterocycles. The third kappa shape index (κ3) is 1.90. The summed E-state index contributed by atoms with van der Waals surface area (Å²) >= 11 is 0. The molecule has 7 atom stereocenters. The van der Waals surface area contributed by atoms with Crippen LogP contribution in [0.2, 0.25) is 0 Å². The van der Waals surface area contributed by atoms with Gasteiger partial charge in [-0.15, -0.1) is 0 Å².